The summed E-state index contributed by atoms with van der Waals surface area (Å²) in [6, 6.07) is 0. The molecule has 0 aromatic heterocycles. The Morgan fingerprint density at radius 2 is 1.40 bits per heavy atom. The lowest BCUT2D eigenvalue weighted by Gasteiger charge is -2.38. The van der Waals surface area contributed by atoms with Crippen LogP contribution in [0.25, 0.3) is 0 Å². The van der Waals surface area contributed by atoms with Crippen molar-refractivity contribution in [3.05, 3.63) is 59.0 Å². The molecule has 0 N–H and O–H groups in total. The van der Waals surface area contributed by atoms with Crippen molar-refractivity contribution in [1.82, 2.24) is 0 Å². The highest BCUT2D eigenvalue weighted by atomic mass is 35.5. The topological polar surface area (TPSA) is 9.23 Å². The second-order valence-corrected chi connectivity index (χ2v) is 11.3. The number of allylic oxidation sites excluding steroid dienone is 9. The van der Waals surface area contributed by atoms with Crippen molar-refractivity contribution < 1.29 is 53.0 Å². The average molecular weight is 611 g/mol. The van der Waals surface area contributed by atoms with Gasteiger partial charge in [0, 0.05) is 18.8 Å². The van der Waals surface area contributed by atoms with Crippen LogP contribution < -0.4 is 0 Å². The molecule has 0 saturated heterocycles. The molecule has 4 aliphatic rings. The molecule has 0 spiro atoms. The second-order valence-electron chi connectivity index (χ2n) is 10.8. The fourth-order valence-electron chi connectivity index (χ4n) is 5.84. The van der Waals surface area contributed by atoms with Crippen molar-refractivity contribution in [3.63, 3.8) is 0 Å². The molecule has 8 unspecified atom stereocenters. The Bertz CT molecular complexity index is 1110. The molecule has 13 heteroatoms. The summed E-state index contributed by atoms with van der Waals surface area (Å²) in [6.07, 6.45) is -17.4. The summed E-state index contributed by atoms with van der Waals surface area (Å²) in [6.45, 7) is 1.82. The summed E-state index contributed by atoms with van der Waals surface area (Å²) < 4.78 is 160. The van der Waals surface area contributed by atoms with Gasteiger partial charge in [-0.1, -0.05) is 13.0 Å². The summed E-state index contributed by atoms with van der Waals surface area (Å²) in [5.41, 5.74) is -0.171. The lowest BCUT2D eigenvalue weighted by atomic mass is 9.78. The minimum absolute atomic E-state index is 0.00224. The van der Waals surface area contributed by atoms with Crippen LogP contribution in [0.2, 0.25) is 0 Å². The number of ether oxygens (including phenoxy) is 1. The maximum atomic E-state index is 15.1. The molecule has 0 aromatic rings. The molecule has 0 aromatic carbocycles. The zero-order chi connectivity index (χ0) is 29.7. The Kier molecular flexibility index (Phi) is 8.91. The van der Waals surface area contributed by atoms with E-state index in [1.165, 1.54) is 12.2 Å². The van der Waals surface area contributed by atoms with Gasteiger partial charge in [-0.05, 0) is 54.2 Å². The second kappa shape index (κ2) is 11.5. The molecule has 40 heavy (non-hydrogen) atoms. The van der Waals surface area contributed by atoms with Gasteiger partial charge in [0.25, 0.3) is 0 Å². The van der Waals surface area contributed by atoms with E-state index >= 15 is 4.39 Å². The van der Waals surface area contributed by atoms with E-state index in [1.807, 2.05) is 6.92 Å². The van der Waals surface area contributed by atoms with Gasteiger partial charge in [0.1, 0.15) is 47.8 Å². The van der Waals surface area contributed by atoms with Crippen molar-refractivity contribution in [1.29, 1.82) is 0 Å². The van der Waals surface area contributed by atoms with Crippen LogP contribution in [0.15, 0.2) is 59.0 Å². The predicted octanol–water partition coefficient (Wildman–Crippen LogP) is 9.28. The van der Waals surface area contributed by atoms with Gasteiger partial charge in [-0.3, -0.25) is 0 Å². The maximum Gasteiger partial charge on any atom is 0.397 e. The summed E-state index contributed by atoms with van der Waals surface area (Å²) in [5.74, 6) is -11.4. The van der Waals surface area contributed by atoms with Crippen molar-refractivity contribution >= 4 is 11.6 Å². The molecule has 0 bridgehead atoms. The van der Waals surface area contributed by atoms with Crippen LogP contribution in [-0.2, 0) is 4.74 Å². The highest BCUT2D eigenvalue weighted by Gasteiger charge is 2.57. The fourth-order valence-corrected chi connectivity index (χ4v) is 6.25. The number of alkyl halides is 9. The third-order valence-electron chi connectivity index (χ3n) is 7.81. The first-order valence-corrected chi connectivity index (χ1v) is 13.2. The predicted molar refractivity (Wildman–Crippen MR) is 126 cm³/mol. The minimum atomic E-state index is -5.26. The normalized spacial score (nSPS) is 39.6. The van der Waals surface area contributed by atoms with Crippen LogP contribution in [0.3, 0.4) is 0 Å². The summed E-state index contributed by atoms with van der Waals surface area (Å²) in [4.78, 5) is 0. The molecular formula is C27H26ClF11O. The van der Waals surface area contributed by atoms with Gasteiger partial charge in [-0.2, -0.15) is 22.0 Å². The van der Waals surface area contributed by atoms with Crippen LogP contribution in [-0.4, -0.2) is 42.3 Å². The number of rotatable bonds is 5. The van der Waals surface area contributed by atoms with E-state index in [0.29, 0.717) is 25.0 Å². The molecule has 1 nitrogen and oxygen atoms in total. The third-order valence-corrected chi connectivity index (χ3v) is 8.19. The molecule has 8 atom stereocenters. The van der Waals surface area contributed by atoms with Crippen molar-refractivity contribution in [2.45, 2.75) is 74.9 Å². The molecule has 4 aliphatic carbocycles. The smallest absolute Gasteiger partial charge is 0.316 e. The lowest BCUT2D eigenvalue weighted by molar-refractivity contribution is -0.309. The van der Waals surface area contributed by atoms with E-state index in [2.05, 4.69) is 4.74 Å². The highest BCUT2D eigenvalue weighted by molar-refractivity contribution is 6.22. The van der Waals surface area contributed by atoms with Crippen LogP contribution >= 0.6 is 11.6 Å². The molecular weight excluding hydrogens is 585 g/mol. The van der Waals surface area contributed by atoms with Gasteiger partial charge >= 0.3 is 12.3 Å². The Labute approximate surface area is 228 Å². The first-order chi connectivity index (χ1) is 18.5. The first kappa shape index (κ1) is 31.1. The van der Waals surface area contributed by atoms with Crippen molar-refractivity contribution in [2.75, 3.05) is 0 Å². The third kappa shape index (κ3) is 6.32. The van der Waals surface area contributed by atoms with E-state index in [-0.39, 0.29) is 11.5 Å². The first-order valence-electron chi connectivity index (χ1n) is 12.7. The lowest BCUT2D eigenvalue weighted by Crippen LogP contribution is -2.49. The monoisotopic (exact) mass is 610 g/mol. The van der Waals surface area contributed by atoms with Gasteiger partial charge in [-0.25, -0.2) is 26.3 Å². The Morgan fingerprint density at radius 3 is 1.93 bits per heavy atom. The average Bonchev–Trinajstić information content (AvgIpc) is 2.76. The summed E-state index contributed by atoms with van der Waals surface area (Å²) in [7, 11) is 0. The summed E-state index contributed by atoms with van der Waals surface area (Å²) >= 11 is 6.28. The van der Waals surface area contributed by atoms with Gasteiger partial charge in [0.05, 0.1) is 17.4 Å². The maximum absolute atomic E-state index is 15.1. The zero-order valence-electron chi connectivity index (χ0n) is 20.9. The van der Waals surface area contributed by atoms with E-state index in [0.717, 1.165) is 6.08 Å². The molecule has 224 valence electrons. The standard InChI is InChI=1S/C27H26ClF11O/c1-11-2-3-15(17(29)4-11)12-5-16(28)23(18(30)6-12)13-7-19(31)25(20(32)8-13)27(38,39)40-14-9-21(33)24(22(34)10-14)26(35,36)37/h4-8,11,14-16,19,21-25H,2-3,9-10H2,1H3. The molecule has 0 radical (unpaired) electrons. The van der Waals surface area contributed by atoms with Crippen LogP contribution in [0.5, 0.6) is 0 Å². The van der Waals surface area contributed by atoms with E-state index in [4.69, 9.17) is 11.6 Å². The number of hydrogen-bond acceptors (Lipinski definition) is 1. The van der Waals surface area contributed by atoms with Gasteiger partial charge in [0.2, 0.25) is 0 Å². The largest absolute Gasteiger partial charge is 0.397 e. The molecule has 0 heterocycles. The minimum Gasteiger partial charge on any atom is -0.316 e. The van der Waals surface area contributed by atoms with E-state index in [1.54, 1.807) is 0 Å². The van der Waals surface area contributed by atoms with E-state index in [9.17, 15) is 43.9 Å². The molecule has 0 amide bonds. The fraction of sp³-hybridized carbons (Fsp3) is 0.630. The molecule has 1 fully saturated rings. The van der Waals surface area contributed by atoms with E-state index < -0.39 is 102 Å². The van der Waals surface area contributed by atoms with Gasteiger partial charge in [0.15, 0.2) is 0 Å². The van der Waals surface area contributed by atoms with Crippen LogP contribution in [0.1, 0.15) is 32.6 Å². The summed E-state index contributed by atoms with van der Waals surface area (Å²) in [5, 5.41) is -1.24. The Balaban J connectivity index is 1.48. The van der Waals surface area contributed by atoms with Crippen molar-refractivity contribution in [3.8, 4) is 0 Å². The van der Waals surface area contributed by atoms with Crippen LogP contribution in [0.4, 0.5) is 48.3 Å². The quantitative estimate of drug-likeness (QED) is 0.223. The van der Waals surface area contributed by atoms with Gasteiger partial charge < -0.3 is 4.74 Å². The van der Waals surface area contributed by atoms with Gasteiger partial charge in [-0.15, -0.1) is 11.6 Å². The highest BCUT2D eigenvalue weighted by Crippen LogP contribution is 2.48. The number of hydrogen-bond donors (Lipinski definition) is 0. The zero-order valence-corrected chi connectivity index (χ0v) is 21.7. The molecule has 1 saturated carbocycles. The molecule has 4 rings (SSSR count). The Hall–Kier alpha value is -1.82. The number of halogens is 12. The molecule has 0 aliphatic heterocycles. The van der Waals surface area contributed by atoms with Crippen molar-refractivity contribution in [2.24, 2.45) is 29.6 Å². The SMILES string of the molecule is CC1C=C(F)C(C2=CC(Cl)C(C3=CC(F)C(C(F)(F)OC4CC(F)C(C(F)(F)F)C(F)C4)C(F)=C3)C(F)=C2)CC1. The van der Waals surface area contributed by atoms with Crippen LogP contribution in [0, 0.1) is 29.6 Å². The Morgan fingerprint density at radius 1 is 0.800 bits per heavy atom.